The van der Waals surface area contributed by atoms with Crippen molar-refractivity contribution >= 4 is 11.9 Å². The third kappa shape index (κ3) is 3.82. The van der Waals surface area contributed by atoms with E-state index in [1.807, 2.05) is 0 Å². The molecule has 1 aliphatic rings. The molecule has 1 amide bonds. The van der Waals surface area contributed by atoms with E-state index in [9.17, 15) is 9.59 Å². The summed E-state index contributed by atoms with van der Waals surface area (Å²) < 4.78 is 0. The highest BCUT2D eigenvalue weighted by atomic mass is 16.4. The van der Waals surface area contributed by atoms with Gasteiger partial charge in [0.1, 0.15) is 0 Å². The van der Waals surface area contributed by atoms with Crippen molar-refractivity contribution in [1.29, 1.82) is 0 Å². The number of carbonyl (C=O) groups excluding carboxylic acids is 1. The molecule has 0 heterocycles. The van der Waals surface area contributed by atoms with Gasteiger partial charge in [0, 0.05) is 6.54 Å². The maximum atomic E-state index is 12.3. The summed E-state index contributed by atoms with van der Waals surface area (Å²) in [6.07, 6.45) is 5.20. The molecule has 1 fully saturated rings. The van der Waals surface area contributed by atoms with Crippen LogP contribution in [0.15, 0.2) is 24.3 Å². The van der Waals surface area contributed by atoms with E-state index in [1.165, 1.54) is 12.5 Å². The quantitative estimate of drug-likeness (QED) is 0.769. The summed E-state index contributed by atoms with van der Waals surface area (Å²) in [6.45, 7) is 0.430. The van der Waals surface area contributed by atoms with Gasteiger partial charge >= 0.3 is 5.97 Å². The zero-order valence-corrected chi connectivity index (χ0v) is 12.1. The minimum absolute atomic E-state index is 0.0736. The molecular weight excluding hydrogens is 268 g/mol. The van der Waals surface area contributed by atoms with Gasteiger partial charge in [-0.3, -0.25) is 4.79 Å². The summed E-state index contributed by atoms with van der Waals surface area (Å²) >= 11 is 0. The second-order valence-electron chi connectivity index (χ2n) is 5.73. The van der Waals surface area contributed by atoms with Gasteiger partial charge in [-0.2, -0.15) is 0 Å². The third-order valence-corrected chi connectivity index (χ3v) is 4.20. The highest BCUT2D eigenvalue weighted by molar-refractivity contribution is 5.91. The molecule has 21 heavy (non-hydrogen) atoms. The molecular formula is C16H22N2O3. The lowest BCUT2D eigenvalue weighted by Crippen LogP contribution is -2.55. The molecule has 0 aliphatic heterocycles. The fourth-order valence-electron chi connectivity index (χ4n) is 3.00. The van der Waals surface area contributed by atoms with E-state index >= 15 is 0 Å². The van der Waals surface area contributed by atoms with E-state index in [2.05, 4.69) is 5.32 Å². The zero-order chi connectivity index (χ0) is 15.3. The topological polar surface area (TPSA) is 92.4 Å². The monoisotopic (exact) mass is 290 g/mol. The van der Waals surface area contributed by atoms with Gasteiger partial charge in [-0.15, -0.1) is 0 Å². The van der Waals surface area contributed by atoms with Crippen LogP contribution in [0.3, 0.4) is 0 Å². The molecule has 0 bridgehead atoms. The first-order chi connectivity index (χ1) is 10.1. The Bertz CT molecular complexity index is 522. The number of amides is 1. The molecule has 1 aromatic carbocycles. The third-order valence-electron chi connectivity index (χ3n) is 4.20. The molecule has 0 spiro atoms. The summed E-state index contributed by atoms with van der Waals surface area (Å²) in [5.41, 5.74) is 6.25. The van der Waals surface area contributed by atoms with Crippen molar-refractivity contribution in [3.63, 3.8) is 0 Å². The van der Waals surface area contributed by atoms with E-state index < -0.39 is 5.97 Å². The van der Waals surface area contributed by atoms with Crippen LogP contribution >= 0.6 is 0 Å². The molecule has 0 aromatic heterocycles. The molecule has 1 saturated carbocycles. The zero-order valence-electron chi connectivity index (χ0n) is 12.1. The van der Waals surface area contributed by atoms with Crippen molar-refractivity contribution in [3.8, 4) is 0 Å². The van der Waals surface area contributed by atoms with Gasteiger partial charge in [-0.1, -0.05) is 37.5 Å². The van der Waals surface area contributed by atoms with Gasteiger partial charge in [-0.05, 0) is 24.5 Å². The lowest BCUT2D eigenvalue weighted by molar-refractivity contribution is -0.122. The Morgan fingerprint density at radius 2 is 1.86 bits per heavy atom. The molecule has 0 saturated heterocycles. The van der Waals surface area contributed by atoms with Gasteiger partial charge < -0.3 is 16.2 Å². The highest BCUT2D eigenvalue weighted by Gasteiger charge is 2.32. The average Bonchev–Trinajstić information content (AvgIpc) is 2.48. The number of benzene rings is 1. The second-order valence-corrected chi connectivity index (χ2v) is 5.73. The van der Waals surface area contributed by atoms with Crippen molar-refractivity contribution < 1.29 is 14.7 Å². The standard InChI is InChI=1S/C16H22N2O3/c17-11-16(8-4-1-5-9-16)18-14(19)10-12-6-2-3-7-13(12)15(20)21/h2-3,6-7H,1,4-5,8-11,17H2,(H,18,19)(H,20,21). The highest BCUT2D eigenvalue weighted by Crippen LogP contribution is 2.27. The van der Waals surface area contributed by atoms with Gasteiger partial charge in [0.2, 0.25) is 5.91 Å². The number of aromatic carboxylic acids is 1. The largest absolute Gasteiger partial charge is 0.478 e. The molecule has 0 unspecified atom stereocenters. The van der Waals surface area contributed by atoms with Crippen LogP contribution in [0.2, 0.25) is 0 Å². The van der Waals surface area contributed by atoms with Crippen LogP contribution in [0, 0.1) is 0 Å². The Morgan fingerprint density at radius 1 is 1.19 bits per heavy atom. The molecule has 0 radical (unpaired) electrons. The summed E-state index contributed by atoms with van der Waals surface area (Å²) in [7, 11) is 0. The molecule has 1 aliphatic carbocycles. The number of nitrogens with two attached hydrogens (primary N) is 1. The molecule has 114 valence electrons. The number of rotatable bonds is 5. The minimum atomic E-state index is -1.01. The van der Waals surface area contributed by atoms with Crippen LogP contribution < -0.4 is 11.1 Å². The Morgan fingerprint density at radius 3 is 2.48 bits per heavy atom. The molecule has 0 atom stereocenters. The average molecular weight is 290 g/mol. The van der Waals surface area contributed by atoms with E-state index in [4.69, 9.17) is 10.8 Å². The van der Waals surface area contributed by atoms with Crippen molar-refractivity contribution in [2.45, 2.75) is 44.1 Å². The summed E-state index contributed by atoms with van der Waals surface area (Å²) in [5.74, 6) is -1.17. The fraction of sp³-hybridized carbons (Fsp3) is 0.500. The van der Waals surface area contributed by atoms with Crippen molar-refractivity contribution in [3.05, 3.63) is 35.4 Å². The summed E-state index contributed by atoms with van der Waals surface area (Å²) in [5, 5.41) is 12.2. The van der Waals surface area contributed by atoms with Crippen LogP contribution in [0.25, 0.3) is 0 Å². The smallest absolute Gasteiger partial charge is 0.335 e. The van der Waals surface area contributed by atoms with Gasteiger partial charge in [-0.25, -0.2) is 4.79 Å². The first-order valence-corrected chi connectivity index (χ1v) is 7.39. The molecule has 5 heteroatoms. The fourth-order valence-corrected chi connectivity index (χ4v) is 3.00. The molecule has 1 aromatic rings. The maximum absolute atomic E-state index is 12.3. The van der Waals surface area contributed by atoms with Gasteiger partial charge in [0.15, 0.2) is 0 Å². The lowest BCUT2D eigenvalue weighted by Gasteiger charge is -2.37. The Kier molecular flexibility index (Phi) is 4.96. The van der Waals surface area contributed by atoms with Crippen LogP contribution in [0.1, 0.15) is 48.0 Å². The lowest BCUT2D eigenvalue weighted by atomic mass is 9.81. The number of hydrogen-bond donors (Lipinski definition) is 3. The van der Waals surface area contributed by atoms with Crippen LogP contribution in [-0.2, 0) is 11.2 Å². The maximum Gasteiger partial charge on any atom is 0.335 e. The molecule has 4 N–H and O–H groups in total. The summed E-state index contributed by atoms with van der Waals surface area (Å²) in [6, 6.07) is 6.60. The predicted octanol–water partition coefficient (Wildman–Crippen LogP) is 1.71. The molecule has 5 nitrogen and oxygen atoms in total. The Hall–Kier alpha value is -1.88. The molecule has 2 rings (SSSR count). The van der Waals surface area contributed by atoms with E-state index in [1.54, 1.807) is 18.2 Å². The minimum Gasteiger partial charge on any atom is -0.478 e. The summed E-state index contributed by atoms with van der Waals surface area (Å²) in [4.78, 5) is 23.4. The Labute approximate surface area is 124 Å². The second kappa shape index (κ2) is 6.72. The van der Waals surface area contributed by atoms with E-state index in [-0.39, 0.29) is 23.4 Å². The van der Waals surface area contributed by atoms with Gasteiger partial charge in [0.25, 0.3) is 0 Å². The number of carbonyl (C=O) groups is 2. The number of carboxylic acids is 1. The normalized spacial score (nSPS) is 17.2. The van der Waals surface area contributed by atoms with Gasteiger partial charge in [0.05, 0.1) is 17.5 Å². The Balaban J connectivity index is 2.06. The number of hydrogen-bond acceptors (Lipinski definition) is 3. The first kappa shape index (κ1) is 15.5. The first-order valence-electron chi connectivity index (χ1n) is 7.39. The van der Waals surface area contributed by atoms with Crippen molar-refractivity contribution in [2.24, 2.45) is 5.73 Å². The van der Waals surface area contributed by atoms with Crippen molar-refractivity contribution in [2.75, 3.05) is 6.54 Å². The van der Waals surface area contributed by atoms with E-state index in [0.29, 0.717) is 12.1 Å². The van der Waals surface area contributed by atoms with Crippen LogP contribution in [0.5, 0.6) is 0 Å². The van der Waals surface area contributed by atoms with Crippen molar-refractivity contribution in [1.82, 2.24) is 5.32 Å². The van der Waals surface area contributed by atoms with Crippen LogP contribution in [0.4, 0.5) is 0 Å². The van der Waals surface area contributed by atoms with E-state index in [0.717, 1.165) is 25.7 Å². The predicted molar refractivity (Wildman–Crippen MR) is 80.1 cm³/mol. The van der Waals surface area contributed by atoms with Crippen LogP contribution in [-0.4, -0.2) is 29.1 Å². The SMILES string of the molecule is NCC1(NC(=O)Cc2ccccc2C(=O)O)CCCCC1. The number of nitrogens with one attached hydrogen (secondary N) is 1. The number of carboxylic acid groups (broad SMARTS) is 1.